The molecule has 1 aliphatic heterocycles. The highest BCUT2D eigenvalue weighted by atomic mass is 35.5. The van der Waals surface area contributed by atoms with Crippen molar-refractivity contribution in [2.45, 2.75) is 27.2 Å². The molecule has 1 aliphatic rings. The predicted octanol–water partition coefficient (Wildman–Crippen LogP) is 5.23. The molecule has 3 rings (SSSR count). The first-order valence-corrected chi connectivity index (χ1v) is 10.6. The van der Waals surface area contributed by atoms with Crippen LogP contribution in [0.3, 0.4) is 0 Å². The van der Waals surface area contributed by atoms with Gasteiger partial charge in [-0.05, 0) is 56.5 Å². The Balaban J connectivity index is 2.03. The molecule has 0 aromatic heterocycles. The number of carbonyl (C=O) groups is 2. The smallest absolute Gasteiger partial charge is 0.278 e. The summed E-state index contributed by atoms with van der Waals surface area (Å²) in [5.41, 5.74) is 3.71. The third-order valence-electron chi connectivity index (χ3n) is 4.90. The number of nitrogens with zero attached hydrogens (tertiary/aromatic N) is 1. The monoisotopic (exact) mass is 446 g/mol. The number of amides is 2. The molecule has 0 saturated carbocycles. The quantitative estimate of drug-likeness (QED) is 0.445. The second kappa shape index (κ2) is 9.65. The summed E-state index contributed by atoms with van der Waals surface area (Å²) in [6.07, 6.45) is 0.559. The number of ether oxygens (including phenoxy) is 1. The summed E-state index contributed by atoms with van der Waals surface area (Å²) in [6, 6.07) is 10.8. The van der Waals surface area contributed by atoms with E-state index in [1.54, 1.807) is 18.2 Å². The van der Waals surface area contributed by atoms with Gasteiger partial charge in [0.25, 0.3) is 11.8 Å². The van der Waals surface area contributed by atoms with Crippen LogP contribution in [0.1, 0.15) is 30.0 Å². The van der Waals surface area contributed by atoms with Crippen LogP contribution in [0.25, 0.3) is 5.57 Å². The number of rotatable bonds is 8. The minimum Gasteiger partial charge on any atom is -0.382 e. The van der Waals surface area contributed by atoms with Gasteiger partial charge in [-0.15, -0.1) is 0 Å². The highest BCUT2D eigenvalue weighted by molar-refractivity contribution is 6.41. The zero-order valence-corrected chi connectivity index (χ0v) is 18.7. The first kappa shape index (κ1) is 22.3. The van der Waals surface area contributed by atoms with Crippen LogP contribution >= 0.6 is 23.2 Å². The second-order valence-electron chi connectivity index (χ2n) is 7.13. The third kappa shape index (κ3) is 4.69. The molecule has 1 heterocycles. The molecule has 0 radical (unpaired) electrons. The molecular formula is C23H24Cl2N2O3. The molecule has 0 bridgehead atoms. The average Bonchev–Trinajstić information content (AvgIpc) is 2.92. The van der Waals surface area contributed by atoms with Crippen LogP contribution in [0.5, 0.6) is 0 Å². The fourth-order valence-corrected chi connectivity index (χ4v) is 3.81. The third-order valence-corrected chi connectivity index (χ3v) is 5.44. The fraction of sp³-hybridized carbons (Fsp3) is 0.304. The molecular weight excluding hydrogens is 423 g/mol. The first-order chi connectivity index (χ1) is 14.3. The van der Waals surface area contributed by atoms with E-state index in [1.807, 2.05) is 39.0 Å². The molecule has 2 aromatic rings. The maximum absolute atomic E-state index is 13.2. The van der Waals surface area contributed by atoms with E-state index in [4.69, 9.17) is 27.9 Å². The van der Waals surface area contributed by atoms with Crippen molar-refractivity contribution in [1.29, 1.82) is 0 Å². The lowest BCUT2D eigenvalue weighted by Gasteiger charge is -2.15. The maximum Gasteiger partial charge on any atom is 0.278 e. The van der Waals surface area contributed by atoms with E-state index >= 15 is 0 Å². The molecule has 0 fully saturated rings. The van der Waals surface area contributed by atoms with Gasteiger partial charge < -0.3 is 10.1 Å². The van der Waals surface area contributed by atoms with E-state index < -0.39 is 0 Å². The molecule has 5 nitrogen and oxygen atoms in total. The van der Waals surface area contributed by atoms with Crippen LogP contribution < -0.4 is 5.32 Å². The molecule has 0 atom stereocenters. The van der Waals surface area contributed by atoms with Crippen LogP contribution in [0.4, 0.5) is 5.69 Å². The summed E-state index contributed by atoms with van der Waals surface area (Å²) in [4.78, 5) is 27.7. The van der Waals surface area contributed by atoms with Gasteiger partial charge in [0.05, 0.1) is 10.6 Å². The molecule has 1 N–H and O–H groups in total. The molecule has 2 aromatic carbocycles. The molecule has 0 saturated heterocycles. The molecule has 30 heavy (non-hydrogen) atoms. The summed E-state index contributed by atoms with van der Waals surface area (Å²) in [6.45, 7) is 7.15. The number of carbonyl (C=O) groups excluding carboxylic acids is 2. The lowest BCUT2D eigenvalue weighted by atomic mass is 10.0. The Hall–Kier alpha value is -2.34. The van der Waals surface area contributed by atoms with Gasteiger partial charge in [0.15, 0.2) is 0 Å². The maximum atomic E-state index is 13.2. The second-order valence-corrected chi connectivity index (χ2v) is 7.97. The van der Waals surface area contributed by atoms with Gasteiger partial charge >= 0.3 is 0 Å². The summed E-state index contributed by atoms with van der Waals surface area (Å²) in [5, 5.41) is 3.97. The van der Waals surface area contributed by atoms with Gasteiger partial charge in [-0.2, -0.15) is 0 Å². The van der Waals surface area contributed by atoms with Crippen molar-refractivity contribution in [3.63, 3.8) is 0 Å². The van der Waals surface area contributed by atoms with E-state index in [0.717, 1.165) is 16.8 Å². The number of hydrogen-bond acceptors (Lipinski definition) is 4. The number of anilines is 1. The van der Waals surface area contributed by atoms with Gasteiger partial charge in [0.1, 0.15) is 5.70 Å². The summed E-state index contributed by atoms with van der Waals surface area (Å²) < 4.78 is 5.34. The zero-order chi connectivity index (χ0) is 21.8. The Morgan fingerprint density at radius 1 is 1.03 bits per heavy atom. The minimum absolute atomic E-state index is 0.217. The first-order valence-electron chi connectivity index (χ1n) is 9.81. The molecule has 0 spiro atoms. The topological polar surface area (TPSA) is 58.6 Å². The molecule has 7 heteroatoms. The fourth-order valence-electron chi connectivity index (χ4n) is 3.31. The SMILES string of the molecule is CCOCCCN1C(=O)C(Nc2cc(C)ccc2C)=C(c2ccc(Cl)cc2Cl)C1=O. The van der Waals surface area contributed by atoms with Gasteiger partial charge in [-0.3, -0.25) is 14.5 Å². The van der Waals surface area contributed by atoms with Crippen LogP contribution in [-0.4, -0.2) is 36.5 Å². The number of aryl methyl sites for hydroxylation is 2. The van der Waals surface area contributed by atoms with Crippen LogP contribution in [0.15, 0.2) is 42.1 Å². The van der Waals surface area contributed by atoms with E-state index in [1.165, 1.54) is 4.90 Å². The van der Waals surface area contributed by atoms with E-state index in [9.17, 15) is 9.59 Å². The van der Waals surface area contributed by atoms with Gasteiger partial charge in [0, 0.05) is 36.0 Å². The average molecular weight is 447 g/mol. The zero-order valence-electron chi connectivity index (χ0n) is 17.2. The number of nitrogens with one attached hydrogen (secondary N) is 1. The van der Waals surface area contributed by atoms with E-state index in [-0.39, 0.29) is 29.6 Å². The van der Waals surface area contributed by atoms with Crippen molar-refractivity contribution < 1.29 is 14.3 Å². The molecule has 0 unspecified atom stereocenters. The summed E-state index contributed by atoms with van der Waals surface area (Å²) >= 11 is 12.4. The summed E-state index contributed by atoms with van der Waals surface area (Å²) in [5.74, 6) is -0.757. The van der Waals surface area contributed by atoms with Gasteiger partial charge in [-0.25, -0.2) is 0 Å². The Morgan fingerprint density at radius 3 is 2.50 bits per heavy atom. The van der Waals surface area contributed by atoms with Crippen molar-refractivity contribution in [3.8, 4) is 0 Å². The van der Waals surface area contributed by atoms with Crippen LogP contribution in [0.2, 0.25) is 10.0 Å². The number of benzene rings is 2. The lowest BCUT2D eigenvalue weighted by Crippen LogP contribution is -2.34. The Labute approximate surface area is 186 Å². The lowest BCUT2D eigenvalue weighted by molar-refractivity contribution is -0.137. The minimum atomic E-state index is -0.381. The Kier molecular flexibility index (Phi) is 7.19. The van der Waals surface area contributed by atoms with Gasteiger partial charge in [0.2, 0.25) is 0 Å². The van der Waals surface area contributed by atoms with Crippen LogP contribution in [0, 0.1) is 13.8 Å². The summed E-state index contributed by atoms with van der Waals surface area (Å²) in [7, 11) is 0. The standard InChI is InChI=1S/C23H24Cl2N2O3/c1-4-30-11-5-10-27-22(28)20(17-9-8-16(24)13-18(17)25)21(23(27)29)26-19-12-14(2)6-7-15(19)3/h6-9,12-13,26H,4-5,10-11H2,1-3H3. The highest BCUT2D eigenvalue weighted by Crippen LogP contribution is 2.36. The molecule has 158 valence electrons. The largest absolute Gasteiger partial charge is 0.382 e. The Bertz CT molecular complexity index is 1020. The normalized spacial score (nSPS) is 14.1. The highest BCUT2D eigenvalue weighted by Gasteiger charge is 2.39. The van der Waals surface area contributed by atoms with Crippen molar-refractivity contribution >= 4 is 46.3 Å². The van der Waals surface area contributed by atoms with E-state index in [2.05, 4.69) is 5.32 Å². The number of imide groups is 1. The van der Waals surface area contributed by atoms with Gasteiger partial charge in [-0.1, -0.05) is 41.4 Å². The van der Waals surface area contributed by atoms with E-state index in [0.29, 0.717) is 35.2 Å². The van der Waals surface area contributed by atoms with Crippen molar-refractivity contribution in [2.75, 3.05) is 25.1 Å². The molecule has 2 amide bonds. The number of halogens is 2. The molecule has 0 aliphatic carbocycles. The van der Waals surface area contributed by atoms with Crippen molar-refractivity contribution in [1.82, 2.24) is 4.90 Å². The van der Waals surface area contributed by atoms with Crippen molar-refractivity contribution in [3.05, 3.63) is 68.8 Å². The predicted molar refractivity (Wildman–Crippen MR) is 121 cm³/mol. The van der Waals surface area contributed by atoms with Crippen molar-refractivity contribution in [2.24, 2.45) is 0 Å². The Morgan fingerprint density at radius 2 is 1.80 bits per heavy atom. The number of hydrogen-bond donors (Lipinski definition) is 1. The van der Waals surface area contributed by atoms with Crippen LogP contribution in [-0.2, 0) is 14.3 Å².